The van der Waals surface area contributed by atoms with Gasteiger partial charge in [0.1, 0.15) is 12.1 Å². The number of alkyl halides is 2. The molecule has 1 aliphatic rings. The van der Waals surface area contributed by atoms with Crippen molar-refractivity contribution in [3.63, 3.8) is 0 Å². The van der Waals surface area contributed by atoms with Gasteiger partial charge in [-0.2, -0.15) is 0 Å². The van der Waals surface area contributed by atoms with Gasteiger partial charge in [0.2, 0.25) is 11.8 Å². The fourth-order valence-electron chi connectivity index (χ4n) is 2.18. The highest BCUT2D eigenvalue weighted by Gasteiger charge is 2.40. The van der Waals surface area contributed by atoms with E-state index >= 15 is 0 Å². The summed E-state index contributed by atoms with van der Waals surface area (Å²) in [5.74, 6) is -0.923. The number of piperazine rings is 1. The molecule has 2 atom stereocenters. The molecule has 0 aliphatic carbocycles. The second-order valence-corrected chi connectivity index (χ2v) is 4.43. The van der Waals surface area contributed by atoms with Crippen LogP contribution in [0.3, 0.4) is 0 Å². The summed E-state index contributed by atoms with van der Waals surface area (Å²) in [6.07, 6.45) is -2.67. The van der Waals surface area contributed by atoms with E-state index in [1.165, 1.54) is 6.92 Å². The molecule has 1 saturated heterocycles. The van der Waals surface area contributed by atoms with E-state index in [0.717, 1.165) is 4.90 Å². The SMILES string of the molecule is CC1NC(=O)C(c2ccccc2)N(CC(F)F)C1=O. The Labute approximate surface area is 109 Å². The van der Waals surface area contributed by atoms with Gasteiger partial charge < -0.3 is 10.2 Å². The van der Waals surface area contributed by atoms with Crippen molar-refractivity contribution in [2.45, 2.75) is 25.4 Å². The number of nitrogens with one attached hydrogen (secondary N) is 1. The molecule has 1 N–H and O–H groups in total. The predicted molar refractivity (Wildman–Crippen MR) is 64.5 cm³/mol. The van der Waals surface area contributed by atoms with Crippen molar-refractivity contribution in [1.29, 1.82) is 0 Å². The van der Waals surface area contributed by atoms with Crippen molar-refractivity contribution in [1.82, 2.24) is 10.2 Å². The molecule has 1 aromatic rings. The molecule has 4 nitrogen and oxygen atoms in total. The summed E-state index contributed by atoms with van der Waals surface area (Å²) < 4.78 is 25.2. The molecule has 0 radical (unpaired) electrons. The Morgan fingerprint density at radius 3 is 2.47 bits per heavy atom. The Morgan fingerprint density at radius 2 is 1.89 bits per heavy atom. The summed E-state index contributed by atoms with van der Waals surface area (Å²) in [5.41, 5.74) is 0.529. The molecule has 1 heterocycles. The van der Waals surface area contributed by atoms with Crippen molar-refractivity contribution in [3.05, 3.63) is 35.9 Å². The zero-order valence-corrected chi connectivity index (χ0v) is 10.3. The van der Waals surface area contributed by atoms with Crippen LogP contribution in [0.25, 0.3) is 0 Å². The number of rotatable bonds is 3. The summed E-state index contributed by atoms with van der Waals surface area (Å²) >= 11 is 0. The molecular weight excluding hydrogens is 254 g/mol. The van der Waals surface area contributed by atoms with Crippen LogP contribution >= 0.6 is 0 Å². The van der Waals surface area contributed by atoms with E-state index < -0.39 is 36.9 Å². The van der Waals surface area contributed by atoms with Crippen LogP contribution in [0.15, 0.2) is 30.3 Å². The van der Waals surface area contributed by atoms with Gasteiger partial charge in [-0.25, -0.2) is 8.78 Å². The first-order chi connectivity index (χ1) is 9.00. The molecule has 0 spiro atoms. The van der Waals surface area contributed by atoms with Crippen molar-refractivity contribution < 1.29 is 18.4 Å². The van der Waals surface area contributed by atoms with Gasteiger partial charge in [-0.05, 0) is 12.5 Å². The first-order valence-corrected chi connectivity index (χ1v) is 5.94. The zero-order valence-electron chi connectivity index (χ0n) is 10.3. The van der Waals surface area contributed by atoms with E-state index in [4.69, 9.17) is 0 Å². The number of hydrogen-bond donors (Lipinski definition) is 1. The van der Waals surface area contributed by atoms with E-state index in [2.05, 4.69) is 5.32 Å². The number of carbonyl (C=O) groups excluding carboxylic acids is 2. The third-order valence-electron chi connectivity index (χ3n) is 3.02. The molecule has 0 bridgehead atoms. The Balaban J connectivity index is 2.36. The topological polar surface area (TPSA) is 49.4 Å². The summed E-state index contributed by atoms with van der Waals surface area (Å²) in [6.45, 7) is 0.746. The van der Waals surface area contributed by atoms with Gasteiger partial charge in [-0.3, -0.25) is 9.59 Å². The number of carbonyl (C=O) groups is 2. The van der Waals surface area contributed by atoms with E-state index in [1.807, 2.05) is 0 Å². The summed E-state index contributed by atoms with van der Waals surface area (Å²) in [5, 5.41) is 2.51. The zero-order chi connectivity index (χ0) is 14.0. The maximum atomic E-state index is 12.6. The lowest BCUT2D eigenvalue weighted by atomic mass is 10.00. The highest BCUT2D eigenvalue weighted by Crippen LogP contribution is 2.26. The van der Waals surface area contributed by atoms with E-state index in [9.17, 15) is 18.4 Å². The van der Waals surface area contributed by atoms with Crippen molar-refractivity contribution in [3.8, 4) is 0 Å². The van der Waals surface area contributed by atoms with Gasteiger partial charge in [0.05, 0.1) is 6.54 Å². The highest BCUT2D eigenvalue weighted by atomic mass is 19.3. The highest BCUT2D eigenvalue weighted by molar-refractivity contribution is 5.97. The van der Waals surface area contributed by atoms with E-state index in [0.29, 0.717) is 5.56 Å². The molecule has 1 aromatic carbocycles. The van der Waals surface area contributed by atoms with Crippen LogP contribution in [0.5, 0.6) is 0 Å². The standard InChI is InChI=1S/C13H14F2N2O2/c1-8-13(19)17(7-10(14)15)11(12(18)16-8)9-5-3-2-4-6-9/h2-6,8,10-11H,7H2,1H3,(H,16,18). The fourth-order valence-corrected chi connectivity index (χ4v) is 2.18. The molecule has 2 amide bonds. The minimum atomic E-state index is -2.67. The Morgan fingerprint density at radius 1 is 1.26 bits per heavy atom. The molecule has 1 fully saturated rings. The van der Waals surface area contributed by atoms with Gasteiger partial charge >= 0.3 is 0 Å². The molecule has 6 heteroatoms. The largest absolute Gasteiger partial charge is 0.342 e. The Bertz CT molecular complexity index is 479. The number of hydrogen-bond acceptors (Lipinski definition) is 2. The number of halogens is 2. The molecule has 0 aromatic heterocycles. The third-order valence-corrected chi connectivity index (χ3v) is 3.02. The van der Waals surface area contributed by atoms with Gasteiger partial charge in [-0.1, -0.05) is 30.3 Å². The minimum Gasteiger partial charge on any atom is -0.342 e. The summed E-state index contributed by atoms with van der Waals surface area (Å²) in [4.78, 5) is 24.9. The van der Waals surface area contributed by atoms with Crippen molar-refractivity contribution in [2.24, 2.45) is 0 Å². The van der Waals surface area contributed by atoms with Gasteiger partial charge in [0, 0.05) is 0 Å². The number of benzene rings is 1. The molecule has 1 aliphatic heterocycles. The summed E-state index contributed by atoms with van der Waals surface area (Å²) in [6, 6.07) is 6.69. The Hall–Kier alpha value is -1.98. The van der Waals surface area contributed by atoms with Crippen LogP contribution < -0.4 is 5.32 Å². The first kappa shape index (κ1) is 13.5. The lowest BCUT2D eigenvalue weighted by Crippen LogP contribution is -2.59. The lowest BCUT2D eigenvalue weighted by molar-refractivity contribution is -0.151. The number of amides is 2. The minimum absolute atomic E-state index is 0.432. The maximum absolute atomic E-state index is 12.6. The second kappa shape index (κ2) is 5.34. The average molecular weight is 268 g/mol. The van der Waals surface area contributed by atoms with Crippen LogP contribution in [0.1, 0.15) is 18.5 Å². The lowest BCUT2D eigenvalue weighted by Gasteiger charge is -2.37. The average Bonchev–Trinajstić information content (AvgIpc) is 2.36. The van der Waals surface area contributed by atoms with Gasteiger partial charge in [0.15, 0.2) is 0 Å². The predicted octanol–water partition coefficient (Wildman–Crippen LogP) is 1.34. The molecule has 2 rings (SSSR count). The third kappa shape index (κ3) is 2.72. The molecule has 2 unspecified atom stereocenters. The Kier molecular flexibility index (Phi) is 3.78. The monoisotopic (exact) mass is 268 g/mol. The fraction of sp³-hybridized carbons (Fsp3) is 0.385. The van der Waals surface area contributed by atoms with E-state index in [1.54, 1.807) is 30.3 Å². The quantitative estimate of drug-likeness (QED) is 0.899. The van der Waals surface area contributed by atoms with Crippen LogP contribution in [0.4, 0.5) is 8.78 Å². The van der Waals surface area contributed by atoms with Crippen LogP contribution in [0, 0.1) is 0 Å². The van der Waals surface area contributed by atoms with Crippen LogP contribution in [0.2, 0.25) is 0 Å². The van der Waals surface area contributed by atoms with Gasteiger partial charge in [0.25, 0.3) is 6.43 Å². The smallest absolute Gasteiger partial charge is 0.255 e. The van der Waals surface area contributed by atoms with Crippen molar-refractivity contribution in [2.75, 3.05) is 6.54 Å². The van der Waals surface area contributed by atoms with Crippen LogP contribution in [-0.2, 0) is 9.59 Å². The molecule has 19 heavy (non-hydrogen) atoms. The maximum Gasteiger partial charge on any atom is 0.255 e. The molecule has 102 valence electrons. The van der Waals surface area contributed by atoms with Gasteiger partial charge in [-0.15, -0.1) is 0 Å². The number of nitrogens with zero attached hydrogens (tertiary/aromatic N) is 1. The normalized spacial score (nSPS) is 23.7. The van der Waals surface area contributed by atoms with Crippen LogP contribution in [-0.4, -0.2) is 35.7 Å². The molecule has 0 saturated carbocycles. The molecular formula is C13H14F2N2O2. The van der Waals surface area contributed by atoms with E-state index in [-0.39, 0.29) is 0 Å². The summed E-state index contributed by atoms with van der Waals surface area (Å²) in [7, 11) is 0. The second-order valence-electron chi connectivity index (χ2n) is 4.43. The first-order valence-electron chi connectivity index (χ1n) is 5.94. The van der Waals surface area contributed by atoms with Crippen molar-refractivity contribution >= 4 is 11.8 Å².